The van der Waals surface area contributed by atoms with E-state index in [0.717, 1.165) is 0 Å². The van der Waals surface area contributed by atoms with E-state index in [1.54, 1.807) is 13.8 Å². The van der Waals surface area contributed by atoms with Crippen LogP contribution in [0, 0.1) is 11.8 Å². The van der Waals surface area contributed by atoms with Crippen LogP contribution in [0.15, 0.2) is 0 Å². The molecule has 0 aliphatic carbocycles. The molecule has 7 nitrogen and oxygen atoms in total. The number of nitrogens with one attached hydrogen (secondary N) is 2. The standard InChI is InChI=1S/C14H25N3O4/c1-8(2)7-15-12(18)9(3)16-14(21)17-6-5-11(10(17)4)13(19)20/h8-11H,5-7H2,1-4H3,(H,15,18)(H,16,21)(H,19,20). The van der Waals surface area contributed by atoms with Crippen molar-refractivity contribution in [3.05, 3.63) is 0 Å². The minimum absolute atomic E-state index is 0.237. The quantitative estimate of drug-likeness (QED) is 0.694. The molecule has 1 saturated heterocycles. The van der Waals surface area contributed by atoms with Gasteiger partial charge in [0.2, 0.25) is 5.91 Å². The van der Waals surface area contributed by atoms with Crippen LogP contribution in [0.1, 0.15) is 34.1 Å². The third-order valence-corrected chi connectivity index (χ3v) is 3.75. The normalized spacial score (nSPS) is 23.0. The molecule has 1 aliphatic heterocycles. The van der Waals surface area contributed by atoms with Crippen molar-refractivity contribution in [3.63, 3.8) is 0 Å². The minimum atomic E-state index is -0.888. The van der Waals surface area contributed by atoms with Gasteiger partial charge in [-0.05, 0) is 26.2 Å². The molecule has 3 N–H and O–H groups in total. The molecule has 0 spiro atoms. The number of hydrogen-bond donors (Lipinski definition) is 3. The number of carboxylic acids is 1. The van der Waals surface area contributed by atoms with Gasteiger partial charge in [0.15, 0.2) is 0 Å². The SMILES string of the molecule is CC(C)CNC(=O)C(C)NC(=O)N1CCC(C(=O)O)C1C. The number of likely N-dealkylation sites (tertiary alicyclic amines) is 1. The van der Waals surface area contributed by atoms with E-state index in [2.05, 4.69) is 10.6 Å². The molecule has 1 rings (SSSR count). The second-order valence-electron chi connectivity index (χ2n) is 5.98. The van der Waals surface area contributed by atoms with Crippen LogP contribution in [0.2, 0.25) is 0 Å². The Morgan fingerprint density at radius 3 is 2.38 bits per heavy atom. The van der Waals surface area contributed by atoms with Crippen LogP contribution in [0.25, 0.3) is 0 Å². The van der Waals surface area contributed by atoms with Gasteiger partial charge in [-0.15, -0.1) is 0 Å². The average Bonchev–Trinajstić information content (AvgIpc) is 2.77. The molecule has 3 unspecified atom stereocenters. The lowest BCUT2D eigenvalue weighted by Crippen LogP contribution is -2.51. The molecule has 1 aliphatic rings. The van der Waals surface area contributed by atoms with Crippen molar-refractivity contribution in [2.24, 2.45) is 11.8 Å². The van der Waals surface area contributed by atoms with Gasteiger partial charge in [-0.1, -0.05) is 13.8 Å². The summed E-state index contributed by atoms with van der Waals surface area (Å²) in [6.07, 6.45) is 0.442. The second kappa shape index (κ2) is 7.28. The first kappa shape index (κ1) is 17.3. The zero-order valence-electron chi connectivity index (χ0n) is 13.0. The second-order valence-corrected chi connectivity index (χ2v) is 5.98. The molecule has 0 radical (unpaired) electrons. The molecule has 21 heavy (non-hydrogen) atoms. The molecule has 0 aromatic heterocycles. The number of hydrogen-bond acceptors (Lipinski definition) is 3. The number of aliphatic carboxylic acids is 1. The fourth-order valence-electron chi connectivity index (χ4n) is 2.35. The Balaban J connectivity index is 2.50. The van der Waals surface area contributed by atoms with E-state index in [1.165, 1.54) is 4.90 Å². The molecule has 0 aromatic carbocycles. The first-order valence-electron chi connectivity index (χ1n) is 7.31. The van der Waals surface area contributed by atoms with Crippen molar-refractivity contribution < 1.29 is 19.5 Å². The Labute approximate surface area is 125 Å². The van der Waals surface area contributed by atoms with Crippen LogP contribution in [0.3, 0.4) is 0 Å². The predicted molar refractivity (Wildman–Crippen MR) is 77.8 cm³/mol. The maximum atomic E-state index is 12.1. The lowest BCUT2D eigenvalue weighted by atomic mass is 10.0. The molecule has 3 atom stereocenters. The molecule has 0 saturated carbocycles. The number of carbonyl (C=O) groups excluding carboxylic acids is 2. The topological polar surface area (TPSA) is 98.7 Å². The van der Waals surface area contributed by atoms with Crippen LogP contribution in [0.5, 0.6) is 0 Å². The van der Waals surface area contributed by atoms with E-state index >= 15 is 0 Å². The molecule has 1 heterocycles. The molecule has 120 valence electrons. The van der Waals surface area contributed by atoms with Crippen LogP contribution in [-0.4, -0.2) is 53.1 Å². The average molecular weight is 299 g/mol. The van der Waals surface area contributed by atoms with E-state index in [-0.39, 0.29) is 11.9 Å². The zero-order chi connectivity index (χ0) is 16.2. The van der Waals surface area contributed by atoms with Crippen LogP contribution in [-0.2, 0) is 9.59 Å². The molecule has 0 aromatic rings. The number of nitrogens with zero attached hydrogens (tertiary/aromatic N) is 1. The Bertz CT molecular complexity index is 411. The number of carboxylic acid groups (broad SMARTS) is 1. The smallest absolute Gasteiger partial charge is 0.318 e. The number of urea groups is 1. The van der Waals surface area contributed by atoms with Gasteiger partial charge >= 0.3 is 12.0 Å². The summed E-state index contributed by atoms with van der Waals surface area (Å²) in [6, 6.07) is -1.40. The summed E-state index contributed by atoms with van der Waals surface area (Å²) in [5, 5.41) is 14.4. The zero-order valence-corrected chi connectivity index (χ0v) is 13.0. The van der Waals surface area contributed by atoms with Crippen LogP contribution >= 0.6 is 0 Å². The molecule has 7 heteroatoms. The first-order valence-corrected chi connectivity index (χ1v) is 7.31. The van der Waals surface area contributed by atoms with Gasteiger partial charge in [0.25, 0.3) is 0 Å². The van der Waals surface area contributed by atoms with E-state index in [9.17, 15) is 14.4 Å². The highest BCUT2D eigenvalue weighted by molar-refractivity contribution is 5.87. The van der Waals surface area contributed by atoms with E-state index < -0.39 is 24.0 Å². The van der Waals surface area contributed by atoms with Crippen molar-refractivity contribution in [2.45, 2.75) is 46.2 Å². The first-order chi connectivity index (χ1) is 9.73. The van der Waals surface area contributed by atoms with E-state index in [4.69, 9.17) is 5.11 Å². The maximum absolute atomic E-state index is 12.1. The highest BCUT2D eigenvalue weighted by Gasteiger charge is 2.38. The van der Waals surface area contributed by atoms with Crippen molar-refractivity contribution >= 4 is 17.9 Å². The summed E-state index contributed by atoms with van der Waals surface area (Å²) in [6.45, 7) is 8.26. The fourth-order valence-corrected chi connectivity index (χ4v) is 2.35. The van der Waals surface area contributed by atoms with Crippen molar-refractivity contribution in [2.75, 3.05) is 13.1 Å². The van der Waals surface area contributed by atoms with Crippen molar-refractivity contribution in [3.8, 4) is 0 Å². The van der Waals surface area contributed by atoms with E-state index in [1.807, 2.05) is 13.8 Å². The fraction of sp³-hybridized carbons (Fsp3) is 0.786. The highest BCUT2D eigenvalue weighted by Crippen LogP contribution is 2.24. The lowest BCUT2D eigenvalue weighted by molar-refractivity contribution is -0.142. The molecule has 0 bridgehead atoms. The summed E-state index contributed by atoms with van der Waals surface area (Å²) in [4.78, 5) is 36.4. The number of rotatable bonds is 5. The van der Waals surface area contributed by atoms with Crippen molar-refractivity contribution in [1.82, 2.24) is 15.5 Å². The van der Waals surface area contributed by atoms with Gasteiger partial charge in [-0.25, -0.2) is 4.79 Å². The number of amides is 3. The summed E-state index contributed by atoms with van der Waals surface area (Å²) in [7, 11) is 0. The van der Waals surface area contributed by atoms with Crippen LogP contribution in [0.4, 0.5) is 4.79 Å². The summed E-state index contributed by atoms with van der Waals surface area (Å²) in [5.74, 6) is -1.33. The molecular weight excluding hydrogens is 274 g/mol. The minimum Gasteiger partial charge on any atom is -0.481 e. The Morgan fingerprint density at radius 1 is 1.29 bits per heavy atom. The third-order valence-electron chi connectivity index (χ3n) is 3.75. The van der Waals surface area contributed by atoms with Gasteiger partial charge < -0.3 is 20.6 Å². The van der Waals surface area contributed by atoms with Crippen LogP contribution < -0.4 is 10.6 Å². The van der Waals surface area contributed by atoms with Gasteiger partial charge in [0.1, 0.15) is 6.04 Å². The number of carbonyl (C=O) groups is 3. The van der Waals surface area contributed by atoms with Gasteiger partial charge in [0.05, 0.1) is 5.92 Å². The van der Waals surface area contributed by atoms with Gasteiger partial charge in [0, 0.05) is 19.1 Å². The highest BCUT2D eigenvalue weighted by atomic mass is 16.4. The van der Waals surface area contributed by atoms with Crippen molar-refractivity contribution in [1.29, 1.82) is 0 Å². The van der Waals surface area contributed by atoms with E-state index in [0.29, 0.717) is 25.4 Å². The monoisotopic (exact) mass is 299 g/mol. The van der Waals surface area contributed by atoms with Gasteiger partial charge in [-0.2, -0.15) is 0 Å². The Morgan fingerprint density at radius 2 is 1.90 bits per heavy atom. The molecular formula is C14H25N3O4. The Kier molecular flexibility index (Phi) is 5.99. The third kappa shape index (κ3) is 4.61. The summed E-state index contributed by atoms with van der Waals surface area (Å²) < 4.78 is 0. The molecule has 1 fully saturated rings. The molecule has 3 amide bonds. The maximum Gasteiger partial charge on any atom is 0.318 e. The lowest BCUT2D eigenvalue weighted by Gasteiger charge is -2.25. The predicted octanol–water partition coefficient (Wildman–Crippen LogP) is 0.652. The summed E-state index contributed by atoms with van der Waals surface area (Å²) in [5.41, 5.74) is 0. The summed E-state index contributed by atoms with van der Waals surface area (Å²) >= 11 is 0. The Hall–Kier alpha value is -1.79. The van der Waals surface area contributed by atoms with Gasteiger partial charge in [-0.3, -0.25) is 9.59 Å². The largest absolute Gasteiger partial charge is 0.481 e.